The highest BCUT2D eigenvalue weighted by Crippen LogP contribution is 2.24. The molecule has 0 spiro atoms. The molecule has 0 radical (unpaired) electrons. The Hall–Kier alpha value is -2.47. The zero-order valence-electron chi connectivity index (χ0n) is 15.8. The highest BCUT2D eigenvalue weighted by molar-refractivity contribution is 5.93. The van der Waals surface area contributed by atoms with Gasteiger partial charge in [-0.05, 0) is 32.0 Å². The van der Waals surface area contributed by atoms with Crippen LogP contribution in [0.5, 0.6) is 0 Å². The van der Waals surface area contributed by atoms with Gasteiger partial charge in [-0.3, -0.25) is 9.48 Å². The number of anilines is 1. The van der Waals surface area contributed by atoms with E-state index in [0.29, 0.717) is 18.9 Å². The van der Waals surface area contributed by atoms with Crippen LogP contribution in [0, 0.1) is 5.92 Å². The molecule has 0 aliphatic heterocycles. The first-order valence-electron chi connectivity index (χ1n) is 9.19. The maximum absolute atomic E-state index is 12.4. The number of aryl methyl sites for hydroxylation is 2. The lowest BCUT2D eigenvalue weighted by molar-refractivity contribution is -0.122. The molecule has 0 fully saturated rings. The Labute approximate surface area is 155 Å². The van der Waals surface area contributed by atoms with E-state index in [-0.39, 0.29) is 12.3 Å². The third kappa shape index (κ3) is 5.02. The van der Waals surface area contributed by atoms with Gasteiger partial charge in [0, 0.05) is 31.1 Å². The Morgan fingerprint density at radius 3 is 2.77 bits per heavy atom. The van der Waals surface area contributed by atoms with Gasteiger partial charge in [-0.25, -0.2) is 0 Å². The molecule has 1 aromatic carbocycles. The first-order chi connectivity index (χ1) is 12.6. The quantitative estimate of drug-likeness (QED) is 0.642. The fraction of sp³-hybridized carbons (Fsp3) is 0.450. The summed E-state index contributed by atoms with van der Waals surface area (Å²) in [7, 11) is 1.76. The molecule has 2 N–H and O–H groups in total. The second-order valence-electron chi connectivity index (χ2n) is 6.33. The van der Waals surface area contributed by atoms with Gasteiger partial charge in [-0.2, -0.15) is 5.10 Å². The molecular formula is C20H28N4O2. The average Bonchev–Trinajstić information content (AvgIpc) is 3.05. The summed E-state index contributed by atoms with van der Waals surface area (Å²) in [5, 5.41) is 10.3. The molecule has 1 atom stereocenters. The van der Waals surface area contributed by atoms with Gasteiger partial charge in [0.25, 0.3) is 0 Å². The van der Waals surface area contributed by atoms with Crippen molar-refractivity contribution in [3.8, 4) is 11.3 Å². The second-order valence-corrected chi connectivity index (χ2v) is 6.33. The predicted molar refractivity (Wildman–Crippen MR) is 104 cm³/mol. The van der Waals surface area contributed by atoms with Crippen LogP contribution >= 0.6 is 0 Å². The van der Waals surface area contributed by atoms with Crippen LogP contribution in [0.2, 0.25) is 0 Å². The molecule has 140 valence electrons. The Morgan fingerprint density at radius 2 is 2.12 bits per heavy atom. The predicted octanol–water partition coefficient (Wildman–Crippen LogP) is 2.89. The third-order valence-corrected chi connectivity index (χ3v) is 4.29. The fourth-order valence-corrected chi connectivity index (χ4v) is 3.00. The molecule has 2 aromatic rings. The molecule has 0 saturated carbocycles. The standard InChI is InChI=1S/C20H28N4O2/c1-4-7-15-8-6-9-16(12-15)18-13-19(23-24(18)5-2)22-20(26)17(10-11-25)14-21-3/h6,8-9,11-13,17,21H,4-5,7,10,14H2,1-3H3,(H,22,23,26). The first kappa shape index (κ1) is 19.8. The molecule has 1 heterocycles. The van der Waals surface area contributed by atoms with Gasteiger partial charge in [0.2, 0.25) is 5.91 Å². The van der Waals surface area contributed by atoms with Crippen LogP contribution in [0.25, 0.3) is 11.3 Å². The highest BCUT2D eigenvalue weighted by atomic mass is 16.2. The number of rotatable bonds is 10. The summed E-state index contributed by atoms with van der Waals surface area (Å²) in [5.74, 6) is -0.0844. The number of carbonyl (C=O) groups excluding carboxylic acids is 2. The van der Waals surface area contributed by atoms with Crippen molar-refractivity contribution in [3.63, 3.8) is 0 Å². The zero-order valence-corrected chi connectivity index (χ0v) is 15.8. The van der Waals surface area contributed by atoms with Crippen molar-refractivity contribution in [1.29, 1.82) is 0 Å². The lowest BCUT2D eigenvalue weighted by atomic mass is 10.0. The number of nitrogens with zero attached hydrogens (tertiary/aromatic N) is 2. The first-order valence-corrected chi connectivity index (χ1v) is 9.19. The number of aromatic nitrogens is 2. The molecule has 1 aromatic heterocycles. The van der Waals surface area contributed by atoms with Gasteiger partial charge < -0.3 is 15.4 Å². The average molecular weight is 356 g/mol. The van der Waals surface area contributed by atoms with Crippen LogP contribution in [0.4, 0.5) is 5.82 Å². The van der Waals surface area contributed by atoms with E-state index in [2.05, 4.69) is 46.9 Å². The summed E-state index contributed by atoms with van der Waals surface area (Å²) in [4.78, 5) is 23.2. The number of aldehydes is 1. The Bertz CT molecular complexity index is 739. The Balaban J connectivity index is 2.24. The van der Waals surface area contributed by atoms with Crippen LogP contribution in [0.3, 0.4) is 0 Å². The normalized spacial score (nSPS) is 12.0. The molecular weight excluding hydrogens is 328 g/mol. The van der Waals surface area contributed by atoms with E-state index in [1.807, 2.05) is 17.7 Å². The molecule has 0 saturated heterocycles. The minimum absolute atomic E-state index is 0.188. The summed E-state index contributed by atoms with van der Waals surface area (Å²) in [6.45, 7) is 5.34. The van der Waals surface area contributed by atoms with Crippen molar-refractivity contribution < 1.29 is 9.59 Å². The minimum atomic E-state index is -0.402. The Morgan fingerprint density at radius 1 is 1.31 bits per heavy atom. The number of nitrogens with one attached hydrogen (secondary N) is 2. The largest absolute Gasteiger partial charge is 0.319 e. The van der Waals surface area contributed by atoms with E-state index in [1.54, 1.807) is 7.05 Å². The summed E-state index contributed by atoms with van der Waals surface area (Å²) in [6.07, 6.45) is 3.10. The van der Waals surface area contributed by atoms with Crippen LogP contribution in [0.15, 0.2) is 30.3 Å². The van der Waals surface area contributed by atoms with Gasteiger partial charge in [0.05, 0.1) is 11.6 Å². The second kappa shape index (κ2) is 9.87. The molecule has 2 rings (SSSR count). The van der Waals surface area contributed by atoms with Crippen LogP contribution in [-0.2, 0) is 22.6 Å². The van der Waals surface area contributed by atoms with E-state index < -0.39 is 5.92 Å². The lowest BCUT2D eigenvalue weighted by Gasteiger charge is -2.12. The van der Waals surface area contributed by atoms with Crippen LogP contribution in [0.1, 0.15) is 32.3 Å². The number of carbonyl (C=O) groups is 2. The number of amides is 1. The summed E-state index contributed by atoms with van der Waals surface area (Å²) in [5.41, 5.74) is 3.35. The van der Waals surface area contributed by atoms with Crippen LogP contribution in [-0.4, -0.2) is 35.6 Å². The molecule has 6 nitrogen and oxygen atoms in total. The molecule has 6 heteroatoms. The zero-order chi connectivity index (χ0) is 18.9. The SMILES string of the molecule is CCCc1cccc(-c2cc(NC(=O)C(CC=O)CNC)nn2CC)c1. The summed E-state index contributed by atoms with van der Waals surface area (Å²) < 4.78 is 1.88. The van der Waals surface area contributed by atoms with Crippen molar-refractivity contribution in [1.82, 2.24) is 15.1 Å². The minimum Gasteiger partial charge on any atom is -0.319 e. The van der Waals surface area contributed by atoms with Crippen molar-refractivity contribution in [2.45, 2.75) is 39.7 Å². The smallest absolute Gasteiger partial charge is 0.230 e. The van der Waals surface area contributed by atoms with Crippen molar-refractivity contribution in [3.05, 3.63) is 35.9 Å². The van der Waals surface area contributed by atoms with E-state index >= 15 is 0 Å². The fourth-order valence-electron chi connectivity index (χ4n) is 3.00. The van der Waals surface area contributed by atoms with Gasteiger partial charge in [-0.15, -0.1) is 0 Å². The monoisotopic (exact) mass is 356 g/mol. The maximum Gasteiger partial charge on any atom is 0.230 e. The lowest BCUT2D eigenvalue weighted by Crippen LogP contribution is -2.31. The topological polar surface area (TPSA) is 76.0 Å². The van der Waals surface area contributed by atoms with Gasteiger partial charge in [0.1, 0.15) is 6.29 Å². The van der Waals surface area contributed by atoms with Gasteiger partial charge >= 0.3 is 0 Å². The van der Waals surface area contributed by atoms with Crippen molar-refractivity contribution in [2.75, 3.05) is 18.9 Å². The molecule has 0 aliphatic rings. The number of hydrogen-bond acceptors (Lipinski definition) is 4. The number of benzene rings is 1. The maximum atomic E-state index is 12.4. The summed E-state index contributed by atoms with van der Waals surface area (Å²) in [6, 6.07) is 10.3. The van der Waals surface area contributed by atoms with Crippen LogP contribution < -0.4 is 10.6 Å². The van der Waals surface area contributed by atoms with E-state index in [4.69, 9.17) is 0 Å². The van der Waals surface area contributed by atoms with Crippen molar-refractivity contribution in [2.24, 2.45) is 5.92 Å². The molecule has 0 aliphatic carbocycles. The summed E-state index contributed by atoms with van der Waals surface area (Å²) >= 11 is 0. The van der Waals surface area contributed by atoms with Gasteiger partial charge in [0.15, 0.2) is 5.82 Å². The molecule has 1 amide bonds. The molecule has 26 heavy (non-hydrogen) atoms. The van der Waals surface area contributed by atoms with Crippen molar-refractivity contribution >= 4 is 18.0 Å². The molecule has 0 bridgehead atoms. The van der Waals surface area contributed by atoms with E-state index in [0.717, 1.165) is 30.4 Å². The Kier molecular flexibility index (Phi) is 7.53. The van der Waals surface area contributed by atoms with E-state index in [9.17, 15) is 9.59 Å². The van der Waals surface area contributed by atoms with Gasteiger partial charge in [-0.1, -0.05) is 31.5 Å². The van der Waals surface area contributed by atoms with E-state index in [1.165, 1.54) is 5.56 Å². The third-order valence-electron chi connectivity index (χ3n) is 4.29. The molecule has 1 unspecified atom stereocenters. The highest BCUT2D eigenvalue weighted by Gasteiger charge is 2.19. The number of hydrogen-bond donors (Lipinski definition) is 2.